The standard InChI is InChI=1S/C18H28IN/c1-3-11-20-18-10-7-14(4-2)12-16(18)13-15-5-8-17(19)9-6-15/h5-6,8-9,14,16,18,20H,3-4,7,10-13H2,1-2H3. The summed E-state index contributed by atoms with van der Waals surface area (Å²) in [6, 6.07) is 9.84. The molecule has 112 valence electrons. The van der Waals surface area contributed by atoms with E-state index >= 15 is 0 Å². The number of hydrogen-bond acceptors (Lipinski definition) is 1. The van der Waals surface area contributed by atoms with Crippen LogP contribution in [0.3, 0.4) is 0 Å². The van der Waals surface area contributed by atoms with Crippen molar-refractivity contribution in [3.05, 3.63) is 33.4 Å². The van der Waals surface area contributed by atoms with Gasteiger partial charge in [0.1, 0.15) is 0 Å². The number of hydrogen-bond donors (Lipinski definition) is 1. The van der Waals surface area contributed by atoms with Gasteiger partial charge in [0.25, 0.3) is 0 Å². The first-order valence-corrected chi connectivity index (χ1v) is 9.28. The third-order valence-electron chi connectivity index (χ3n) is 4.74. The Hall–Kier alpha value is -0.0900. The Labute approximate surface area is 138 Å². The average molecular weight is 385 g/mol. The Kier molecular flexibility index (Phi) is 6.82. The molecular weight excluding hydrogens is 357 g/mol. The van der Waals surface area contributed by atoms with Crippen molar-refractivity contribution in [1.82, 2.24) is 5.32 Å². The minimum atomic E-state index is 0.733. The molecule has 1 aromatic carbocycles. The molecule has 1 nitrogen and oxygen atoms in total. The van der Waals surface area contributed by atoms with Crippen molar-refractivity contribution in [3.63, 3.8) is 0 Å². The third-order valence-corrected chi connectivity index (χ3v) is 5.46. The fourth-order valence-corrected chi connectivity index (χ4v) is 3.84. The van der Waals surface area contributed by atoms with Gasteiger partial charge in [0, 0.05) is 9.61 Å². The minimum Gasteiger partial charge on any atom is -0.314 e. The molecule has 0 heterocycles. The molecule has 0 saturated heterocycles. The van der Waals surface area contributed by atoms with Crippen molar-refractivity contribution in [2.24, 2.45) is 11.8 Å². The van der Waals surface area contributed by atoms with Crippen molar-refractivity contribution in [3.8, 4) is 0 Å². The summed E-state index contributed by atoms with van der Waals surface area (Å²) in [4.78, 5) is 0. The van der Waals surface area contributed by atoms with E-state index in [1.165, 1.54) is 54.2 Å². The van der Waals surface area contributed by atoms with Gasteiger partial charge in [-0.3, -0.25) is 0 Å². The van der Waals surface area contributed by atoms with E-state index in [-0.39, 0.29) is 0 Å². The second-order valence-electron chi connectivity index (χ2n) is 6.24. The number of halogens is 1. The lowest BCUT2D eigenvalue weighted by Crippen LogP contribution is -2.41. The van der Waals surface area contributed by atoms with Crippen LogP contribution < -0.4 is 5.32 Å². The van der Waals surface area contributed by atoms with Gasteiger partial charge in [-0.25, -0.2) is 0 Å². The summed E-state index contributed by atoms with van der Waals surface area (Å²) in [6.07, 6.45) is 8.03. The lowest BCUT2D eigenvalue weighted by Gasteiger charge is -2.37. The van der Waals surface area contributed by atoms with Gasteiger partial charge in [0.05, 0.1) is 0 Å². The first-order chi connectivity index (χ1) is 9.72. The zero-order chi connectivity index (χ0) is 14.4. The van der Waals surface area contributed by atoms with E-state index in [9.17, 15) is 0 Å². The zero-order valence-corrected chi connectivity index (χ0v) is 15.0. The van der Waals surface area contributed by atoms with Gasteiger partial charge >= 0.3 is 0 Å². The molecule has 1 aliphatic rings. The monoisotopic (exact) mass is 385 g/mol. The summed E-state index contributed by atoms with van der Waals surface area (Å²) >= 11 is 2.39. The van der Waals surface area contributed by atoms with Crippen LogP contribution in [0.1, 0.15) is 51.5 Å². The predicted molar refractivity (Wildman–Crippen MR) is 96.1 cm³/mol. The largest absolute Gasteiger partial charge is 0.314 e. The Balaban J connectivity index is 2.00. The predicted octanol–water partition coefficient (Wildman–Crippen LogP) is 5.03. The highest BCUT2D eigenvalue weighted by atomic mass is 127. The molecule has 0 aromatic heterocycles. The van der Waals surface area contributed by atoms with Crippen molar-refractivity contribution in [1.29, 1.82) is 0 Å². The molecule has 0 aliphatic heterocycles. The lowest BCUT2D eigenvalue weighted by atomic mass is 9.74. The molecule has 1 saturated carbocycles. The average Bonchev–Trinajstić information content (AvgIpc) is 2.48. The zero-order valence-electron chi connectivity index (χ0n) is 12.9. The van der Waals surface area contributed by atoms with Gasteiger partial charge < -0.3 is 5.32 Å². The van der Waals surface area contributed by atoms with Gasteiger partial charge in [0.2, 0.25) is 0 Å². The second-order valence-corrected chi connectivity index (χ2v) is 7.48. The molecule has 1 aromatic rings. The van der Waals surface area contributed by atoms with Crippen LogP contribution in [0.2, 0.25) is 0 Å². The van der Waals surface area contributed by atoms with Gasteiger partial charge in [-0.1, -0.05) is 32.4 Å². The van der Waals surface area contributed by atoms with E-state index in [1.807, 2.05) is 0 Å². The van der Waals surface area contributed by atoms with Crippen LogP contribution in [0, 0.1) is 15.4 Å². The van der Waals surface area contributed by atoms with Gasteiger partial charge in [-0.2, -0.15) is 0 Å². The summed E-state index contributed by atoms with van der Waals surface area (Å²) in [7, 11) is 0. The molecule has 1 fully saturated rings. The van der Waals surface area contributed by atoms with E-state index in [4.69, 9.17) is 0 Å². The molecular formula is C18H28IN. The first-order valence-electron chi connectivity index (χ1n) is 8.20. The highest BCUT2D eigenvalue weighted by Crippen LogP contribution is 2.33. The molecule has 20 heavy (non-hydrogen) atoms. The first kappa shape index (κ1) is 16.3. The van der Waals surface area contributed by atoms with Gasteiger partial charge in [-0.05, 0) is 90.8 Å². The van der Waals surface area contributed by atoms with Crippen LogP contribution in [0.25, 0.3) is 0 Å². The van der Waals surface area contributed by atoms with E-state index in [0.29, 0.717) is 0 Å². The van der Waals surface area contributed by atoms with Crippen LogP contribution in [-0.2, 0) is 6.42 Å². The van der Waals surface area contributed by atoms with Crippen LogP contribution >= 0.6 is 22.6 Å². The second kappa shape index (κ2) is 8.38. The molecule has 0 radical (unpaired) electrons. The Morgan fingerprint density at radius 2 is 1.90 bits per heavy atom. The summed E-state index contributed by atoms with van der Waals surface area (Å²) in [5.41, 5.74) is 1.51. The molecule has 2 heteroatoms. The lowest BCUT2D eigenvalue weighted by molar-refractivity contribution is 0.198. The normalized spacial score (nSPS) is 26.6. The smallest absolute Gasteiger partial charge is 0.0130 e. The minimum absolute atomic E-state index is 0.733. The molecule has 1 N–H and O–H groups in total. The summed E-state index contributed by atoms with van der Waals surface area (Å²) in [5, 5.41) is 3.80. The number of benzene rings is 1. The summed E-state index contributed by atoms with van der Waals surface area (Å²) < 4.78 is 1.34. The quantitative estimate of drug-likeness (QED) is 0.678. The molecule has 0 amide bonds. The van der Waals surface area contributed by atoms with Crippen LogP contribution in [-0.4, -0.2) is 12.6 Å². The molecule has 0 bridgehead atoms. The Morgan fingerprint density at radius 1 is 1.15 bits per heavy atom. The highest BCUT2D eigenvalue weighted by Gasteiger charge is 2.29. The van der Waals surface area contributed by atoms with E-state index in [2.05, 4.69) is 66.0 Å². The maximum Gasteiger partial charge on any atom is 0.0130 e. The molecule has 3 unspecified atom stereocenters. The molecule has 0 spiro atoms. The van der Waals surface area contributed by atoms with Crippen LogP contribution in [0.4, 0.5) is 0 Å². The van der Waals surface area contributed by atoms with Crippen molar-refractivity contribution >= 4 is 22.6 Å². The highest BCUT2D eigenvalue weighted by molar-refractivity contribution is 14.1. The van der Waals surface area contributed by atoms with Gasteiger partial charge in [-0.15, -0.1) is 0 Å². The molecule has 1 aliphatic carbocycles. The third kappa shape index (κ3) is 4.73. The fourth-order valence-electron chi connectivity index (χ4n) is 3.48. The number of rotatable bonds is 6. The number of nitrogens with one attached hydrogen (secondary N) is 1. The van der Waals surface area contributed by atoms with E-state index in [1.54, 1.807) is 0 Å². The van der Waals surface area contributed by atoms with E-state index < -0.39 is 0 Å². The maximum absolute atomic E-state index is 3.80. The van der Waals surface area contributed by atoms with Crippen molar-refractivity contribution < 1.29 is 0 Å². The van der Waals surface area contributed by atoms with Crippen molar-refractivity contribution in [2.45, 2.75) is 58.4 Å². The topological polar surface area (TPSA) is 12.0 Å². The Bertz CT molecular complexity index is 387. The van der Waals surface area contributed by atoms with Gasteiger partial charge in [0.15, 0.2) is 0 Å². The van der Waals surface area contributed by atoms with Crippen LogP contribution in [0.15, 0.2) is 24.3 Å². The SMILES string of the molecule is CCCNC1CCC(CC)CC1Cc1ccc(I)cc1. The maximum atomic E-state index is 3.80. The molecule has 2 rings (SSSR count). The Morgan fingerprint density at radius 3 is 2.55 bits per heavy atom. The van der Waals surface area contributed by atoms with Crippen molar-refractivity contribution in [2.75, 3.05) is 6.54 Å². The molecule has 3 atom stereocenters. The fraction of sp³-hybridized carbons (Fsp3) is 0.667. The van der Waals surface area contributed by atoms with Crippen LogP contribution in [0.5, 0.6) is 0 Å². The van der Waals surface area contributed by atoms with E-state index in [0.717, 1.165) is 17.9 Å². The summed E-state index contributed by atoms with van der Waals surface area (Å²) in [6.45, 7) is 5.79. The summed E-state index contributed by atoms with van der Waals surface area (Å²) in [5.74, 6) is 1.77.